The third kappa shape index (κ3) is 6.11. The van der Waals surface area contributed by atoms with Gasteiger partial charge in [-0.15, -0.1) is 0 Å². The maximum Gasteiger partial charge on any atom is 0.338 e. The van der Waals surface area contributed by atoms with Gasteiger partial charge in [0.05, 0.1) is 22.5 Å². The SMILES string of the molecule is CC(=O)O[C@H]1[C@@H]2[C@@H](OC(=O)/C=C/c3ccccc3)[C@]3(OC2(C)C)[C@H](C)C[C@@H](OC(C)=O)[C@H](OC(C)=O)[C@@]3(C)[C@H]1OC(=O)c1ccccc1. The van der Waals surface area contributed by atoms with E-state index in [2.05, 4.69) is 0 Å². The molecule has 0 aromatic heterocycles. The molecule has 9 atom stereocenters. The second-order valence-electron chi connectivity index (χ2n) is 13.5. The van der Waals surface area contributed by atoms with E-state index >= 15 is 0 Å². The lowest BCUT2D eigenvalue weighted by Gasteiger charge is -2.63. The molecule has 48 heavy (non-hydrogen) atoms. The highest BCUT2D eigenvalue weighted by Gasteiger charge is 2.83. The van der Waals surface area contributed by atoms with Gasteiger partial charge in [0.2, 0.25) is 0 Å². The van der Waals surface area contributed by atoms with E-state index in [0.717, 1.165) is 5.56 Å². The average Bonchev–Trinajstić information content (AvgIpc) is 3.22. The van der Waals surface area contributed by atoms with Gasteiger partial charge in [-0.25, -0.2) is 9.59 Å². The number of hydrogen-bond acceptors (Lipinski definition) is 11. The van der Waals surface area contributed by atoms with E-state index in [4.69, 9.17) is 28.4 Å². The molecule has 11 nitrogen and oxygen atoms in total. The van der Waals surface area contributed by atoms with Crippen molar-refractivity contribution in [2.45, 2.75) is 96.6 Å². The number of ether oxygens (including phenoxy) is 6. The first-order valence-electron chi connectivity index (χ1n) is 16.0. The van der Waals surface area contributed by atoms with Crippen LogP contribution < -0.4 is 0 Å². The van der Waals surface area contributed by atoms with Gasteiger partial charge >= 0.3 is 29.8 Å². The van der Waals surface area contributed by atoms with Gasteiger partial charge < -0.3 is 28.4 Å². The second kappa shape index (κ2) is 13.2. The van der Waals surface area contributed by atoms with Gasteiger partial charge in [-0.05, 0) is 56.9 Å². The van der Waals surface area contributed by atoms with Gasteiger partial charge in [-0.3, -0.25) is 14.4 Å². The van der Waals surface area contributed by atoms with Crippen molar-refractivity contribution in [3.63, 3.8) is 0 Å². The first-order chi connectivity index (χ1) is 22.6. The normalized spacial score (nSPS) is 33.2. The second-order valence-corrected chi connectivity index (χ2v) is 13.5. The Labute approximate surface area is 279 Å². The standard InChI is InChI=1S/C37H42O11/c1-21-20-27(43-22(2)38)31(45-24(4)40)36(7)33(47-34(42)26-16-12-9-13-17-26)30(44-23(3)39)29-32(37(21,36)48-35(29,5)6)46-28(41)19-18-25-14-10-8-11-15-25/h8-19,21,27,29-33H,20H2,1-7H3/b19-18+/t21-,27-,29-,30+,31+,32-,33+,36+,37-/m1/s1. The molecule has 0 unspecified atom stereocenters. The molecular weight excluding hydrogens is 620 g/mol. The molecule has 0 N–H and O–H groups in total. The highest BCUT2D eigenvalue weighted by molar-refractivity contribution is 5.89. The average molecular weight is 663 g/mol. The maximum absolute atomic E-state index is 13.8. The first kappa shape index (κ1) is 34.8. The molecule has 2 aromatic carbocycles. The van der Waals surface area contributed by atoms with Crippen LogP contribution in [0.25, 0.3) is 6.08 Å². The quantitative estimate of drug-likeness (QED) is 0.218. The van der Waals surface area contributed by atoms with Crippen molar-refractivity contribution >= 4 is 35.9 Å². The Bertz CT molecular complexity index is 1580. The minimum absolute atomic E-state index is 0.154. The number of fused-ring (bicyclic) bond motifs is 1. The molecule has 3 fully saturated rings. The molecule has 1 spiro atoms. The van der Waals surface area contributed by atoms with Gasteiger partial charge in [0.15, 0.2) is 12.2 Å². The molecule has 0 amide bonds. The van der Waals surface area contributed by atoms with Crippen LogP contribution in [-0.2, 0) is 47.6 Å². The monoisotopic (exact) mass is 662 g/mol. The minimum Gasteiger partial charge on any atom is -0.459 e. The molecule has 2 aromatic rings. The summed E-state index contributed by atoms with van der Waals surface area (Å²) in [6.45, 7) is 10.8. The lowest BCUT2D eigenvalue weighted by Crippen LogP contribution is -2.79. The summed E-state index contributed by atoms with van der Waals surface area (Å²) in [6.07, 6.45) is -2.87. The van der Waals surface area contributed by atoms with Crippen LogP contribution in [0.3, 0.4) is 0 Å². The number of esters is 5. The van der Waals surface area contributed by atoms with Crippen LogP contribution in [0.2, 0.25) is 0 Å². The van der Waals surface area contributed by atoms with Gasteiger partial charge in [0, 0.05) is 26.8 Å². The van der Waals surface area contributed by atoms with Crippen molar-refractivity contribution < 1.29 is 52.4 Å². The lowest BCUT2D eigenvalue weighted by molar-refractivity contribution is -0.315. The van der Waals surface area contributed by atoms with Gasteiger partial charge in [-0.2, -0.15) is 0 Å². The van der Waals surface area contributed by atoms with Crippen LogP contribution in [0.5, 0.6) is 0 Å². The van der Waals surface area contributed by atoms with Crippen molar-refractivity contribution in [2.24, 2.45) is 17.3 Å². The molecule has 0 radical (unpaired) electrons. The van der Waals surface area contributed by atoms with Crippen molar-refractivity contribution in [1.82, 2.24) is 0 Å². The van der Waals surface area contributed by atoms with E-state index in [-0.39, 0.29) is 12.0 Å². The van der Waals surface area contributed by atoms with Crippen molar-refractivity contribution in [3.05, 3.63) is 77.9 Å². The zero-order chi connectivity index (χ0) is 35.0. The van der Waals surface area contributed by atoms with Gasteiger partial charge in [0.1, 0.15) is 23.9 Å². The minimum atomic E-state index is -1.61. The predicted octanol–water partition coefficient (Wildman–Crippen LogP) is 4.86. The molecule has 11 heteroatoms. The molecule has 2 saturated carbocycles. The first-order valence-corrected chi connectivity index (χ1v) is 16.0. The molecule has 1 saturated heterocycles. The van der Waals surface area contributed by atoms with Crippen LogP contribution >= 0.6 is 0 Å². The van der Waals surface area contributed by atoms with Crippen molar-refractivity contribution in [3.8, 4) is 0 Å². The third-order valence-corrected chi connectivity index (χ3v) is 9.93. The van der Waals surface area contributed by atoms with Gasteiger partial charge in [0.25, 0.3) is 0 Å². The summed E-state index contributed by atoms with van der Waals surface area (Å²) in [5.74, 6) is -4.78. The van der Waals surface area contributed by atoms with E-state index in [1.165, 1.54) is 26.8 Å². The van der Waals surface area contributed by atoms with Crippen LogP contribution in [0.4, 0.5) is 0 Å². The highest BCUT2D eigenvalue weighted by atomic mass is 16.6. The number of benzene rings is 2. The molecule has 256 valence electrons. The maximum atomic E-state index is 13.8. The topological polar surface area (TPSA) is 141 Å². The van der Waals surface area contributed by atoms with Crippen LogP contribution in [0, 0.1) is 17.3 Å². The van der Waals surface area contributed by atoms with E-state index in [1.807, 2.05) is 37.3 Å². The van der Waals surface area contributed by atoms with E-state index in [1.54, 1.807) is 57.2 Å². The molecule has 3 aliphatic rings. The lowest BCUT2D eigenvalue weighted by atomic mass is 9.47. The van der Waals surface area contributed by atoms with Crippen LogP contribution in [0.1, 0.15) is 70.8 Å². The fourth-order valence-corrected chi connectivity index (χ4v) is 8.29. The Hall–Kier alpha value is -4.51. The fourth-order valence-electron chi connectivity index (χ4n) is 8.29. The number of rotatable bonds is 8. The molecule has 1 aliphatic heterocycles. The summed E-state index contributed by atoms with van der Waals surface area (Å²) >= 11 is 0. The summed E-state index contributed by atoms with van der Waals surface area (Å²) in [7, 11) is 0. The Kier molecular flexibility index (Phi) is 9.56. The zero-order valence-electron chi connectivity index (χ0n) is 28.2. The Morgan fingerprint density at radius 2 is 1.31 bits per heavy atom. The summed E-state index contributed by atoms with van der Waals surface area (Å²) in [4.78, 5) is 65.4. The molecule has 2 aliphatic carbocycles. The molecular formula is C37H42O11. The summed E-state index contributed by atoms with van der Waals surface area (Å²) in [5.41, 5.74) is -3.23. The molecule has 2 bridgehead atoms. The predicted molar refractivity (Wildman–Crippen MR) is 171 cm³/mol. The van der Waals surface area contributed by atoms with E-state index < -0.39 is 88.8 Å². The van der Waals surface area contributed by atoms with Crippen LogP contribution in [0.15, 0.2) is 66.7 Å². The van der Waals surface area contributed by atoms with Crippen molar-refractivity contribution in [2.75, 3.05) is 0 Å². The molecule has 5 rings (SSSR count). The Morgan fingerprint density at radius 1 is 0.729 bits per heavy atom. The highest BCUT2D eigenvalue weighted by Crippen LogP contribution is 2.68. The largest absolute Gasteiger partial charge is 0.459 e. The summed E-state index contributed by atoms with van der Waals surface area (Å²) in [5, 5.41) is 0. The Morgan fingerprint density at radius 3 is 1.90 bits per heavy atom. The fraction of sp³-hybridized carbons (Fsp3) is 0.486. The van der Waals surface area contributed by atoms with E-state index in [9.17, 15) is 24.0 Å². The van der Waals surface area contributed by atoms with E-state index in [0.29, 0.717) is 0 Å². The van der Waals surface area contributed by atoms with Crippen LogP contribution in [-0.4, -0.2) is 71.6 Å². The summed E-state index contributed by atoms with van der Waals surface area (Å²) < 4.78 is 37.4. The number of carbonyl (C=O) groups is 5. The summed E-state index contributed by atoms with van der Waals surface area (Å²) in [6, 6.07) is 17.5. The van der Waals surface area contributed by atoms with Crippen molar-refractivity contribution in [1.29, 1.82) is 0 Å². The Balaban J connectivity index is 1.72. The molecule has 1 heterocycles. The number of hydrogen-bond donors (Lipinski definition) is 0. The third-order valence-electron chi connectivity index (χ3n) is 9.93. The van der Waals surface area contributed by atoms with Gasteiger partial charge in [-0.1, -0.05) is 55.5 Å². The zero-order valence-corrected chi connectivity index (χ0v) is 28.2. The number of carbonyl (C=O) groups excluding carboxylic acids is 5. The smallest absolute Gasteiger partial charge is 0.338 e.